The smallest absolute Gasteiger partial charge is 0.416 e. The number of hydrogen-bond donors (Lipinski definition) is 3. The Hall–Kier alpha value is -2.61. The maximum Gasteiger partial charge on any atom is 0.416 e. The summed E-state index contributed by atoms with van der Waals surface area (Å²) >= 11 is 0. The van der Waals surface area contributed by atoms with Crippen LogP contribution in [0.5, 0.6) is 0 Å². The molecule has 1 aromatic rings. The quantitative estimate of drug-likeness (QED) is 0.616. The minimum absolute atomic E-state index is 0.117. The molecule has 168 valence electrons. The number of aliphatic hydroxyl groups is 1. The Morgan fingerprint density at radius 3 is 2.23 bits per heavy atom. The van der Waals surface area contributed by atoms with Gasteiger partial charge in [-0.25, -0.2) is 4.79 Å². The molecule has 1 aromatic carbocycles. The van der Waals surface area contributed by atoms with E-state index in [1.165, 1.54) is 31.2 Å². The largest absolute Gasteiger partial charge is 0.481 e. The molecule has 3 rings (SSSR count). The third kappa shape index (κ3) is 4.01. The number of carboxylic acid groups (broad SMARTS) is 2. The number of carboxylic acids is 2. The van der Waals surface area contributed by atoms with Crippen molar-refractivity contribution in [2.24, 2.45) is 17.3 Å². The Bertz CT molecular complexity index is 929. The van der Waals surface area contributed by atoms with E-state index >= 15 is 0 Å². The molecule has 0 saturated heterocycles. The molecule has 8 heteroatoms. The molecule has 0 heterocycles. The van der Waals surface area contributed by atoms with Gasteiger partial charge < -0.3 is 15.3 Å². The summed E-state index contributed by atoms with van der Waals surface area (Å²) in [7, 11) is 0. The molecule has 2 aliphatic rings. The van der Waals surface area contributed by atoms with Crippen molar-refractivity contribution in [3.63, 3.8) is 0 Å². The molecule has 0 amide bonds. The Morgan fingerprint density at radius 1 is 1.06 bits per heavy atom. The number of benzene rings is 1. The van der Waals surface area contributed by atoms with Crippen molar-refractivity contribution in [2.45, 2.75) is 50.8 Å². The predicted molar refractivity (Wildman–Crippen MR) is 106 cm³/mol. The maximum absolute atomic E-state index is 13.4. The summed E-state index contributed by atoms with van der Waals surface area (Å²) in [5.41, 5.74) is -5.39. The highest BCUT2D eigenvalue weighted by molar-refractivity contribution is 5.91. The monoisotopic (exact) mass is 438 g/mol. The Kier molecular flexibility index (Phi) is 6.06. The third-order valence-corrected chi connectivity index (χ3v) is 6.66. The zero-order chi connectivity index (χ0) is 23.0. The molecule has 0 aromatic heterocycles. The number of rotatable bonds is 5. The summed E-state index contributed by atoms with van der Waals surface area (Å²) < 4.78 is 40.3. The van der Waals surface area contributed by atoms with Crippen molar-refractivity contribution in [3.05, 3.63) is 59.2 Å². The minimum atomic E-state index is -4.67. The van der Waals surface area contributed by atoms with Crippen LogP contribution in [-0.2, 0) is 21.4 Å². The van der Waals surface area contributed by atoms with Gasteiger partial charge in [0.05, 0.1) is 11.0 Å². The fourth-order valence-corrected chi connectivity index (χ4v) is 5.08. The van der Waals surface area contributed by atoms with Gasteiger partial charge in [-0.2, -0.15) is 13.2 Å². The SMILES string of the molecule is CC1(C(=O)O)C=CC=C(C(=O)O)C1C(O)(c1cccc(C(F)(F)F)c1)C1CCCCC1. The van der Waals surface area contributed by atoms with Gasteiger partial charge in [-0.15, -0.1) is 0 Å². The molecule has 2 aliphatic carbocycles. The van der Waals surface area contributed by atoms with E-state index in [-0.39, 0.29) is 11.1 Å². The number of hydrogen-bond acceptors (Lipinski definition) is 3. The van der Waals surface area contributed by atoms with Gasteiger partial charge in [-0.05, 0) is 43.4 Å². The number of carbonyl (C=O) groups is 2. The van der Waals surface area contributed by atoms with Crippen molar-refractivity contribution in [1.29, 1.82) is 0 Å². The van der Waals surface area contributed by atoms with E-state index in [0.717, 1.165) is 24.6 Å². The van der Waals surface area contributed by atoms with E-state index in [1.54, 1.807) is 0 Å². The van der Waals surface area contributed by atoms with Crippen LogP contribution in [0.2, 0.25) is 0 Å². The molecule has 0 aliphatic heterocycles. The molecule has 3 atom stereocenters. The first-order valence-corrected chi connectivity index (χ1v) is 10.2. The van der Waals surface area contributed by atoms with E-state index in [1.807, 2.05) is 0 Å². The van der Waals surface area contributed by atoms with Crippen molar-refractivity contribution >= 4 is 11.9 Å². The van der Waals surface area contributed by atoms with Crippen LogP contribution in [-0.4, -0.2) is 27.3 Å². The highest BCUT2D eigenvalue weighted by Gasteiger charge is 2.58. The summed E-state index contributed by atoms with van der Waals surface area (Å²) in [4.78, 5) is 24.4. The van der Waals surface area contributed by atoms with Crippen LogP contribution in [0.1, 0.15) is 50.2 Å². The second-order valence-corrected chi connectivity index (χ2v) is 8.55. The van der Waals surface area contributed by atoms with Crippen molar-refractivity contribution in [3.8, 4) is 0 Å². The van der Waals surface area contributed by atoms with E-state index in [2.05, 4.69) is 0 Å². The summed E-state index contributed by atoms with van der Waals surface area (Å²) in [6, 6.07) is 4.17. The molecule has 5 nitrogen and oxygen atoms in total. The zero-order valence-electron chi connectivity index (χ0n) is 17.0. The van der Waals surface area contributed by atoms with E-state index in [9.17, 15) is 38.1 Å². The molecular formula is C23H25F3O5. The normalized spacial score (nSPS) is 26.7. The molecule has 1 fully saturated rings. The lowest BCUT2D eigenvalue weighted by Gasteiger charge is -2.50. The first-order valence-electron chi connectivity index (χ1n) is 10.2. The highest BCUT2D eigenvalue weighted by Crippen LogP contribution is 2.55. The van der Waals surface area contributed by atoms with Gasteiger partial charge in [0, 0.05) is 11.5 Å². The topological polar surface area (TPSA) is 94.8 Å². The Morgan fingerprint density at radius 2 is 1.68 bits per heavy atom. The maximum atomic E-state index is 13.4. The van der Waals surface area contributed by atoms with Crippen LogP contribution < -0.4 is 0 Å². The lowest BCUT2D eigenvalue weighted by Crippen LogP contribution is -2.54. The van der Waals surface area contributed by atoms with Gasteiger partial charge in [0.15, 0.2) is 0 Å². The predicted octanol–water partition coefficient (Wildman–Crippen LogP) is 4.76. The Balaban J connectivity index is 2.30. The molecule has 0 radical (unpaired) electrons. The highest BCUT2D eigenvalue weighted by atomic mass is 19.4. The van der Waals surface area contributed by atoms with Crippen LogP contribution in [0.3, 0.4) is 0 Å². The van der Waals surface area contributed by atoms with Crippen molar-refractivity contribution in [2.75, 3.05) is 0 Å². The molecule has 0 bridgehead atoms. The second kappa shape index (κ2) is 8.15. The van der Waals surface area contributed by atoms with Gasteiger partial charge in [-0.1, -0.05) is 49.6 Å². The average Bonchev–Trinajstić information content (AvgIpc) is 2.73. The van der Waals surface area contributed by atoms with Crippen LogP contribution in [0.25, 0.3) is 0 Å². The van der Waals surface area contributed by atoms with Gasteiger partial charge in [-0.3, -0.25) is 4.79 Å². The molecule has 3 unspecified atom stereocenters. The minimum Gasteiger partial charge on any atom is -0.481 e. The lowest BCUT2D eigenvalue weighted by molar-refractivity contribution is -0.163. The first kappa shape index (κ1) is 23.1. The van der Waals surface area contributed by atoms with E-state index in [0.29, 0.717) is 25.7 Å². The van der Waals surface area contributed by atoms with Crippen molar-refractivity contribution in [1.82, 2.24) is 0 Å². The van der Waals surface area contributed by atoms with Crippen molar-refractivity contribution < 1.29 is 38.1 Å². The number of halogens is 3. The van der Waals surface area contributed by atoms with Crippen LogP contribution in [0, 0.1) is 17.3 Å². The van der Waals surface area contributed by atoms with E-state index < -0.39 is 46.5 Å². The van der Waals surface area contributed by atoms with Crippen LogP contribution in [0.4, 0.5) is 13.2 Å². The fourth-order valence-electron chi connectivity index (χ4n) is 5.08. The molecule has 1 saturated carbocycles. The first-order chi connectivity index (χ1) is 14.4. The summed E-state index contributed by atoms with van der Waals surface area (Å²) in [6.07, 6.45) is 2.38. The fraction of sp³-hybridized carbons (Fsp3) is 0.478. The number of alkyl halides is 3. The van der Waals surface area contributed by atoms with Crippen LogP contribution in [0.15, 0.2) is 48.1 Å². The molecule has 31 heavy (non-hydrogen) atoms. The van der Waals surface area contributed by atoms with Crippen LogP contribution >= 0.6 is 0 Å². The van der Waals surface area contributed by atoms with Gasteiger partial charge in [0.1, 0.15) is 5.60 Å². The molecule has 3 N–H and O–H groups in total. The summed E-state index contributed by atoms with van der Waals surface area (Å²) in [6.45, 7) is 1.30. The van der Waals surface area contributed by atoms with Gasteiger partial charge >= 0.3 is 18.1 Å². The van der Waals surface area contributed by atoms with Gasteiger partial charge in [0.2, 0.25) is 0 Å². The standard InChI is InChI=1S/C23H25F3O5/c1-21(20(29)30)12-6-11-17(19(27)28)18(21)22(31,14-7-3-2-4-8-14)15-9-5-10-16(13-15)23(24,25)26/h5-6,9-14,18,31H,2-4,7-8H2,1H3,(H,27,28)(H,29,30). The second-order valence-electron chi connectivity index (χ2n) is 8.55. The summed E-state index contributed by atoms with van der Waals surface area (Å²) in [5, 5.41) is 32.0. The molecular weight excluding hydrogens is 413 g/mol. The Labute approximate surface area is 177 Å². The third-order valence-electron chi connectivity index (χ3n) is 6.66. The molecule has 0 spiro atoms. The van der Waals surface area contributed by atoms with Gasteiger partial charge in [0.25, 0.3) is 0 Å². The average molecular weight is 438 g/mol. The number of allylic oxidation sites excluding steroid dienone is 2. The lowest BCUT2D eigenvalue weighted by atomic mass is 9.55. The number of aliphatic carboxylic acids is 2. The van der Waals surface area contributed by atoms with E-state index in [4.69, 9.17) is 0 Å². The summed E-state index contributed by atoms with van der Waals surface area (Å²) in [5.74, 6) is -4.85. The zero-order valence-corrected chi connectivity index (χ0v) is 17.0.